The second-order valence-corrected chi connectivity index (χ2v) is 2.23. The van der Waals surface area contributed by atoms with E-state index in [9.17, 15) is 13.2 Å². The molecule has 0 saturated heterocycles. The summed E-state index contributed by atoms with van der Waals surface area (Å²) in [7, 11) is 0. The predicted octanol–water partition coefficient (Wildman–Crippen LogP) is 1.85. The number of hydrogen-bond acceptors (Lipinski definition) is 1. The van der Waals surface area contributed by atoms with Crippen LogP contribution in [0.2, 0.25) is 0 Å². The van der Waals surface area contributed by atoms with E-state index in [0.29, 0.717) is 6.42 Å². The molecule has 12 heavy (non-hydrogen) atoms. The second-order valence-electron chi connectivity index (χ2n) is 2.23. The molecule has 0 saturated carbocycles. The first-order valence-corrected chi connectivity index (χ1v) is 3.44. The minimum absolute atomic E-state index is 0.107. The van der Waals surface area contributed by atoms with Gasteiger partial charge < -0.3 is 5.73 Å². The Bertz CT molecular complexity index is 197. The van der Waals surface area contributed by atoms with Gasteiger partial charge in [-0.05, 0) is 25.5 Å². The van der Waals surface area contributed by atoms with Crippen molar-refractivity contribution >= 4 is 0 Å². The standard InChI is InChI=1S/C8H10F3N/c1-2-4-7(5-3-6-12)8(9,10)11/h1,4H,3,5-6,12H2/b7-4+. The highest BCUT2D eigenvalue weighted by Gasteiger charge is 2.32. The van der Waals surface area contributed by atoms with Gasteiger partial charge in [-0.15, -0.1) is 6.42 Å². The van der Waals surface area contributed by atoms with E-state index in [0.717, 1.165) is 6.08 Å². The van der Waals surface area contributed by atoms with E-state index in [2.05, 4.69) is 0 Å². The molecule has 68 valence electrons. The van der Waals surface area contributed by atoms with Gasteiger partial charge in [-0.3, -0.25) is 0 Å². The Morgan fingerprint density at radius 2 is 2.08 bits per heavy atom. The lowest BCUT2D eigenvalue weighted by Gasteiger charge is -2.09. The molecule has 1 nitrogen and oxygen atoms in total. The number of terminal acetylenes is 1. The van der Waals surface area contributed by atoms with Gasteiger partial charge in [-0.1, -0.05) is 5.92 Å². The van der Waals surface area contributed by atoms with Gasteiger partial charge in [-0.25, -0.2) is 0 Å². The van der Waals surface area contributed by atoms with Crippen LogP contribution in [0.15, 0.2) is 11.6 Å². The van der Waals surface area contributed by atoms with E-state index in [4.69, 9.17) is 12.2 Å². The zero-order valence-corrected chi connectivity index (χ0v) is 6.49. The molecule has 0 heterocycles. The summed E-state index contributed by atoms with van der Waals surface area (Å²) < 4.78 is 36.1. The number of alkyl halides is 3. The van der Waals surface area contributed by atoms with E-state index in [1.54, 1.807) is 0 Å². The van der Waals surface area contributed by atoms with Crippen LogP contribution >= 0.6 is 0 Å². The molecule has 0 atom stereocenters. The smallest absolute Gasteiger partial charge is 0.330 e. The maximum atomic E-state index is 12.0. The molecule has 0 aromatic rings. The van der Waals surface area contributed by atoms with E-state index >= 15 is 0 Å². The lowest BCUT2D eigenvalue weighted by Crippen LogP contribution is -2.13. The van der Waals surface area contributed by atoms with Crippen LogP contribution in [0.4, 0.5) is 13.2 Å². The van der Waals surface area contributed by atoms with Crippen LogP contribution in [0.5, 0.6) is 0 Å². The first-order valence-electron chi connectivity index (χ1n) is 3.44. The van der Waals surface area contributed by atoms with Gasteiger partial charge in [0.05, 0.1) is 0 Å². The van der Waals surface area contributed by atoms with Gasteiger partial charge >= 0.3 is 6.18 Å². The quantitative estimate of drug-likeness (QED) is 0.654. The molecule has 0 fully saturated rings. The Balaban J connectivity index is 4.28. The van der Waals surface area contributed by atoms with Crippen molar-refractivity contribution in [3.05, 3.63) is 11.6 Å². The monoisotopic (exact) mass is 177 g/mol. The number of nitrogens with two attached hydrogens (primary N) is 1. The molecular weight excluding hydrogens is 167 g/mol. The molecule has 0 bridgehead atoms. The number of rotatable bonds is 3. The van der Waals surface area contributed by atoms with Crippen LogP contribution < -0.4 is 5.73 Å². The van der Waals surface area contributed by atoms with Crippen LogP contribution in [-0.2, 0) is 0 Å². The van der Waals surface area contributed by atoms with E-state index in [-0.39, 0.29) is 13.0 Å². The lowest BCUT2D eigenvalue weighted by atomic mass is 10.1. The van der Waals surface area contributed by atoms with Crippen molar-refractivity contribution in [2.24, 2.45) is 5.73 Å². The molecule has 0 spiro atoms. The van der Waals surface area contributed by atoms with Crippen LogP contribution in [0.3, 0.4) is 0 Å². The first-order chi connectivity index (χ1) is 5.52. The fourth-order valence-corrected chi connectivity index (χ4v) is 0.689. The average Bonchev–Trinajstić information content (AvgIpc) is 1.95. The van der Waals surface area contributed by atoms with Crippen molar-refractivity contribution in [3.63, 3.8) is 0 Å². The summed E-state index contributed by atoms with van der Waals surface area (Å²) in [6.45, 7) is 0.234. The highest BCUT2D eigenvalue weighted by molar-refractivity contribution is 5.21. The molecular formula is C8H10F3N. The molecule has 0 aliphatic carbocycles. The summed E-state index contributed by atoms with van der Waals surface area (Å²) in [5.41, 5.74) is 4.39. The lowest BCUT2D eigenvalue weighted by molar-refractivity contribution is -0.0940. The Morgan fingerprint density at radius 3 is 2.42 bits per heavy atom. The zero-order valence-electron chi connectivity index (χ0n) is 6.49. The van der Waals surface area contributed by atoms with Crippen LogP contribution in [0.25, 0.3) is 0 Å². The Labute approximate surface area is 69.4 Å². The van der Waals surface area contributed by atoms with Crippen molar-refractivity contribution in [2.45, 2.75) is 19.0 Å². The summed E-state index contributed by atoms with van der Waals surface area (Å²) in [6, 6.07) is 0. The Morgan fingerprint density at radius 1 is 1.50 bits per heavy atom. The van der Waals surface area contributed by atoms with E-state index < -0.39 is 11.7 Å². The Hall–Kier alpha value is -0.950. The van der Waals surface area contributed by atoms with E-state index in [1.165, 1.54) is 0 Å². The van der Waals surface area contributed by atoms with Crippen LogP contribution in [-0.4, -0.2) is 12.7 Å². The van der Waals surface area contributed by atoms with Crippen molar-refractivity contribution < 1.29 is 13.2 Å². The summed E-state index contributed by atoms with van der Waals surface area (Å²) in [6.07, 6.45) is 1.36. The largest absolute Gasteiger partial charge is 0.413 e. The molecule has 0 aromatic heterocycles. The topological polar surface area (TPSA) is 26.0 Å². The third kappa shape index (κ3) is 4.04. The van der Waals surface area contributed by atoms with Gasteiger partial charge in [0.15, 0.2) is 0 Å². The summed E-state index contributed by atoms with van der Waals surface area (Å²) in [4.78, 5) is 0. The maximum Gasteiger partial charge on any atom is 0.413 e. The normalized spacial score (nSPS) is 12.8. The molecule has 2 N–H and O–H groups in total. The second kappa shape index (κ2) is 4.83. The minimum Gasteiger partial charge on any atom is -0.330 e. The number of halogens is 3. The number of allylic oxidation sites excluding steroid dienone is 2. The Kier molecular flexibility index (Phi) is 4.45. The van der Waals surface area contributed by atoms with Crippen molar-refractivity contribution in [1.29, 1.82) is 0 Å². The van der Waals surface area contributed by atoms with Gasteiger partial charge in [0.1, 0.15) is 0 Å². The van der Waals surface area contributed by atoms with Gasteiger partial charge in [0, 0.05) is 5.57 Å². The van der Waals surface area contributed by atoms with Crippen LogP contribution in [0.1, 0.15) is 12.8 Å². The summed E-state index contributed by atoms with van der Waals surface area (Å²) in [5.74, 6) is 1.86. The SMILES string of the molecule is C#C/C=C(\CCCN)C(F)(F)F. The molecule has 0 amide bonds. The third-order valence-electron chi connectivity index (χ3n) is 1.27. The molecule has 0 radical (unpaired) electrons. The van der Waals surface area contributed by atoms with Crippen molar-refractivity contribution in [3.8, 4) is 12.3 Å². The predicted molar refractivity (Wildman–Crippen MR) is 41.3 cm³/mol. The fraction of sp³-hybridized carbons (Fsp3) is 0.500. The minimum atomic E-state index is -4.32. The highest BCUT2D eigenvalue weighted by Crippen LogP contribution is 2.28. The van der Waals surface area contributed by atoms with Crippen molar-refractivity contribution in [2.75, 3.05) is 6.54 Å². The van der Waals surface area contributed by atoms with Gasteiger partial charge in [-0.2, -0.15) is 13.2 Å². The highest BCUT2D eigenvalue weighted by atomic mass is 19.4. The third-order valence-corrected chi connectivity index (χ3v) is 1.27. The fourth-order valence-electron chi connectivity index (χ4n) is 0.689. The molecule has 0 aliphatic rings. The summed E-state index contributed by atoms with van der Waals surface area (Å²) in [5, 5.41) is 0. The van der Waals surface area contributed by atoms with E-state index in [1.807, 2.05) is 5.92 Å². The van der Waals surface area contributed by atoms with Crippen LogP contribution in [0, 0.1) is 12.3 Å². The van der Waals surface area contributed by atoms with Gasteiger partial charge in [0.25, 0.3) is 0 Å². The summed E-state index contributed by atoms with van der Waals surface area (Å²) >= 11 is 0. The zero-order chi connectivity index (χ0) is 9.61. The molecule has 0 aromatic carbocycles. The molecule has 4 heteroatoms. The first kappa shape index (κ1) is 11.1. The van der Waals surface area contributed by atoms with Gasteiger partial charge in [0.2, 0.25) is 0 Å². The molecule has 0 unspecified atom stereocenters. The number of hydrogen-bond donors (Lipinski definition) is 1. The molecule has 0 aliphatic heterocycles. The van der Waals surface area contributed by atoms with Crippen molar-refractivity contribution in [1.82, 2.24) is 0 Å². The maximum absolute atomic E-state index is 12.0. The molecule has 0 rings (SSSR count). The average molecular weight is 177 g/mol.